The average Bonchev–Trinajstić information content (AvgIpc) is 3.25. The lowest BCUT2D eigenvalue weighted by atomic mass is 10.1. The van der Waals surface area contributed by atoms with Crippen molar-refractivity contribution in [3.05, 3.63) is 54.5 Å². The quantitative estimate of drug-likeness (QED) is 0.828. The van der Waals surface area contributed by atoms with Crippen LogP contribution >= 0.6 is 0 Å². The number of primary amides is 1. The van der Waals surface area contributed by atoms with Crippen LogP contribution in [0.5, 0.6) is 0 Å². The van der Waals surface area contributed by atoms with Crippen LogP contribution in [0.15, 0.2) is 58.2 Å². The van der Waals surface area contributed by atoms with Gasteiger partial charge < -0.3 is 15.5 Å². The van der Waals surface area contributed by atoms with Gasteiger partial charge in [0.25, 0.3) is 5.91 Å². The summed E-state index contributed by atoms with van der Waals surface area (Å²) < 4.78 is 5.21. The Morgan fingerprint density at radius 1 is 1.25 bits per heavy atom. The fraction of sp³-hybridized carbons (Fsp3) is 0.235. The summed E-state index contributed by atoms with van der Waals surface area (Å²) >= 11 is 0. The number of rotatable bonds is 6. The molecule has 124 valence electrons. The van der Waals surface area contributed by atoms with Crippen LogP contribution in [0.25, 0.3) is 0 Å². The minimum Gasteiger partial charge on any atom is -0.469 e. The van der Waals surface area contributed by atoms with Crippen LogP contribution in [0, 0.1) is 0 Å². The molecule has 0 radical (unpaired) electrons. The van der Waals surface area contributed by atoms with Crippen LogP contribution in [0.4, 0.5) is 5.69 Å². The molecule has 1 aliphatic rings. The third-order valence-electron chi connectivity index (χ3n) is 3.76. The smallest absolute Gasteiger partial charge is 0.267 e. The second kappa shape index (κ2) is 6.99. The van der Waals surface area contributed by atoms with E-state index in [-0.39, 0.29) is 12.3 Å². The molecule has 24 heavy (non-hydrogen) atoms. The van der Waals surface area contributed by atoms with Gasteiger partial charge in [-0.15, -0.1) is 0 Å². The number of furan rings is 1. The van der Waals surface area contributed by atoms with Crippen molar-refractivity contribution in [2.75, 3.05) is 11.6 Å². The largest absolute Gasteiger partial charge is 0.469 e. The highest BCUT2D eigenvalue weighted by molar-refractivity contribution is 6.40. The van der Waals surface area contributed by atoms with Crippen LogP contribution in [0.3, 0.4) is 0 Å². The van der Waals surface area contributed by atoms with Crippen LogP contribution in [0.2, 0.25) is 0 Å². The zero-order valence-electron chi connectivity index (χ0n) is 13.0. The summed E-state index contributed by atoms with van der Waals surface area (Å²) in [4.78, 5) is 24.0. The molecule has 3 N–H and O–H groups in total. The molecule has 2 aromatic rings. The minimum absolute atomic E-state index is 0.191. The molecule has 1 aromatic heterocycles. The Bertz CT molecular complexity index is 740. The molecular weight excluding hydrogens is 308 g/mol. The van der Waals surface area contributed by atoms with Gasteiger partial charge in [-0.1, -0.05) is 18.2 Å². The SMILES string of the molecule is NC(=O)[C@H]1CC(C(=O)NCCc2ccco2)=NN1c1ccccc1. The van der Waals surface area contributed by atoms with Crippen molar-refractivity contribution in [1.82, 2.24) is 5.32 Å². The maximum absolute atomic E-state index is 12.3. The van der Waals surface area contributed by atoms with Crippen LogP contribution < -0.4 is 16.1 Å². The predicted octanol–water partition coefficient (Wildman–Crippen LogP) is 1.06. The molecule has 0 saturated heterocycles. The van der Waals surface area contributed by atoms with Gasteiger partial charge in [-0.05, 0) is 24.3 Å². The lowest BCUT2D eigenvalue weighted by molar-refractivity contribution is -0.119. The minimum atomic E-state index is -0.654. The number of nitrogens with two attached hydrogens (primary N) is 1. The number of amides is 2. The van der Waals surface area contributed by atoms with Crippen molar-refractivity contribution in [3.8, 4) is 0 Å². The van der Waals surface area contributed by atoms with E-state index in [0.717, 1.165) is 11.4 Å². The number of nitrogens with zero attached hydrogens (tertiary/aromatic N) is 2. The van der Waals surface area contributed by atoms with Crippen molar-refractivity contribution >= 4 is 23.2 Å². The number of hydrogen-bond donors (Lipinski definition) is 2. The van der Waals surface area contributed by atoms with Gasteiger partial charge in [-0.25, -0.2) is 0 Å². The third-order valence-corrected chi connectivity index (χ3v) is 3.76. The molecule has 7 nitrogen and oxygen atoms in total. The van der Waals surface area contributed by atoms with Crippen molar-refractivity contribution in [2.45, 2.75) is 18.9 Å². The second-order valence-corrected chi connectivity index (χ2v) is 5.43. The first-order valence-corrected chi connectivity index (χ1v) is 7.67. The van der Waals surface area contributed by atoms with E-state index in [0.29, 0.717) is 18.7 Å². The van der Waals surface area contributed by atoms with Gasteiger partial charge in [-0.2, -0.15) is 5.10 Å². The van der Waals surface area contributed by atoms with E-state index in [2.05, 4.69) is 10.4 Å². The number of hydrazone groups is 1. The lowest BCUT2D eigenvalue weighted by Gasteiger charge is -2.20. The molecule has 1 atom stereocenters. The number of nitrogens with one attached hydrogen (secondary N) is 1. The van der Waals surface area contributed by atoms with Gasteiger partial charge in [0.2, 0.25) is 5.91 Å². The molecule has 0 aliphatic carbocycles. The van der Waals surface area contributed by atoms with Crippen molar-refractivity contribution in [2.24, 2.45) is 10.8 Å². The molecule has 0 bridgehead atoms. The summed E-state index contributed by atoms with van der Waals surface area (Å²) in [7, 11) is 0. The first-order valence-electron chi connectivity index (χ1n) is 7.67. The summed E-state index contributed by atoms with van der Waals surface area (Å²) in [6, 6.07) is 12.2. The van der Waals surface area contributed by atoms with E-state index in [1.807, 2.05) is 36.4 Å². The second-order valence-electron chi connectivity index (χ2n) is 5.43. The first kappa shape index (κ1) is 15.8. The fourth-order valence-corrected chi connectivity index (χ4v) is 2.54. The van der Waals surface area contributed by atoms with Gasteiger partial charge in [0.15, 0.2) is 0 Å². The summed E-state index contributed by atoms with van der Waals surface area (Å²) in [5, 5.41) is 8.58. The Hall–Kier alpha value is -3.09. The van der Waals surface area contributed by atoms with Crippen LogP contribution in [-0.2, 0) is 16.0 Å². The zero-order valence-corrected chi connectivity index (χ0v) is 13.0. The summed E-state index contributed by atoms with van der Waals surface area (Å²) in [5.74, 6) is -0.0168. The Morgan fingerprint density at radius 2 is 2.04 bits per heavy atom. The molecule has 2 amide bonds. The maximum atomic E-state index is 12.3. The highest BCUT2D eigenvalue weighted by Gasteiger charge is 2.34. The van der Waals surface area contributed by atoms with Crippen molar-refractivity contribution in [3.63, 3.8) is 0 Å². The third kappa shape index (κ3) is 3.45. The van der Waals surface area contributed by atoms with E-state index in [4.69, 9.17) is 10.2 Å². The monoisotopic (exact) mass is 326 g/mol. The molecule has 3 rings (SSSR count). The van der Waals surface area contributed by atoms with Gasteiger partial charge in [0.1, 0.15) is 17.5 Å². The lowest BCUT2D eigenvalue weighted by Crippen LogP contribution is -2.40. The zero-order chi connectivity index (χ0) is 16.9. The van der Waals surface area contributed by atoms with E-state index in [1.54, 1.807) is 12.3 Å². The fourth-order valence-electron chi connectivity index (χ4n) is 2.54. The van der Waals surface area contributed by atoms with Crippen LogP contribution in [0.1, 0.15) is 12.2 Å². The molecule has 0 unspecified atom stereocenters. The van der Waals surface area contributed by atoms with Crippen molar-refractivity contribution in [1.29, 1.82) is 0 Å². The maximum Gasteiger partial charge on any atom is 0.267 e. The highest BCUT2D eigenvalue weighted by atomic mass is 16.3. The highest BCUT2D eigenvalue weighted by Crippen LogP contribution is 2.24. The van der Waals surface area contributed by atoms with Crippen LogP contribution in [-0.4, -0.2) is 30.1 Å². The van der Waals surface area contributed by atoms with Gasteiger partial charge in [0.05, 0.1) is 12.0 Å². The Morgan fingerprint density at radius 3 is 2.71 bits per heavy atom. The van der Waals surface area contributed by atoms with E-state index < -0.39 is 11.9 Å². The molecule has 0 fully saturated rings. The predicted molar refractivity (Wildman–Crippen MR) is 89.4 cm³/mol. The molecule has 2 heterocycles. The number of anilines is 1. The standard InChI is InChI=1S/C17H18N4O3/c18-16(22)15-11-14(20-21(15)12-5-2-1-3-6-12)17(23)19-9-8-13-7-4-10-24-13/h1-7,10,15H,8-9,11H2,(H2,18,22)(H,19,23)/t15-/m1/s1. The molecule has 7 heteroatoms. The Balaban J connectivity index is 1.66. The molecule has 0 spiro atoms. The van der Waals surface area contributed by atoms with Gasteiger partial charge in [-0.3, -0.25) is 14.6 Å². The van der Waals surface area contributed by atoms with Gasteiger partial charge >= 0.3 is 0 Å². The summed E-state index contributed by atoms with van der Waals surface area (Å²) in [6.45, 7) is 0.429. The molecular formula is C17H18N4O3. The number of hydrogen-bond acceptors (Lipinski definition) is 5. The van der Waals surface area contributed by atoms with E-state index >= 15 is 0 Å². The number of benzene rings is 1. The molecule has 1 aliphatic heterocycles. The number of para-hydroxylation sites is 1. The van der Waals surface area contributed by atoms with E-state index in [9.17, 15) is 9.59 Å². The Kier molecular flexibility index (Phi) is 4.60. The van der Waals surface area contributed by atoms with Gasteiger partial charge in [0, 0.05) is 19.4 Å². The number of carbonyl (C=O) groups excluding carboxylic acids is 2. The summed E-state index contributed by atoms with van der Waals surface area (Å²) in [5.41, 5.74) is 6.47. The van der Waals surface area contributed by atoms with Crippen molar-refractivity contribution < 1.29 is 14.0 Å². The average molecular weight is 326 g/mol. The number of carbonyl (C=O) groups is 2. The molecule has 1 aromatic carbocycles. The normalized spacial score (nSPS) is 16.8. The Labute approximate surface area is 139 Å². The first-order chi connectivity index (χ1) is 11.6. The molecule has 0 saturated carbocycles. The van der Waals surface area contributed by atoms with E-state index in [1.165, 1.54) is 5.01 Å². The topological polar surface area (TPSA) is 101 Å². The summed E-state index contributed by atoms with van der Waals surface area (Å²) in [6.07, 6.45) is 2.37.